The van der Waals surface area contributed by atoms with Crippen LogP contribution in [0.2, 0.25) is 0 Å². The van der Waals surface area contributed by atoms with Gasteiger partial charge in [-0.3, -0.25) is 0 Å². The molecule has 2 rings (SSSR count). The zero-order valence-electron chi connectivity index (χ0n) is 12.3. The molecule has 2 amide bonds. The van der Waals surface area contributed by atoms with Gasteiger partial charge in [-0.25, -0.2) is 13.6 Å². The van der Waals surface area contributed by atoms with Crippen LogP contribution in [-0.4, -0.2) is 36.4 Å². The molecule has 0 aliphatic carbocycles. The van der Waals surface area contributed by atoms with Gasteiger partial charge in [0.25, 0.3) is 0 Å². The Labute approximate surface area is 127 Å². The monoisotopic (exact) mass is 314 g/mol. The highest BCUT2D eigenvalue weighted by atomic mass is 19.2. The van der Waals surface area contributed by atoms with Gasteiger partial charge in [-0.15, -0.1) is 0 Å². The summed E-state index contributed by atoms with van der Waals surface area (Å²) in [5, 5.41) is 14.5. The first-order valence-electron chi connectivity index (χ1n) is 7.26. The molecular formula is C15H20F2N2O3. The van der Waals surface area contributed by atoms with Crippen molar-refractivity contribution in [1.82, 2.24) is 10.6 Å². The van der Waals surface area contributed by atoms with E-state index < -0.39 is 23.8 Å². The van der Waals surface area contributed by atoms with Crippen LogP contribution in [0, 0.1) is 11.6 Å². The number of carbonyl (C=O) groups is 1. The summed E-state index contributed by atoms with van der Waals surface area (Å²) < 4.78 is 31.8. The first-order chi connectivity index (χ1) is 10.5. The van der Waals surface area contributed by atoms with Crippen molar-refractivity contribution in [1.29, 1.82) is 0 Å². The van der Waals surface area contributed by atoms with Crippen LogP contribution >= 0.6 is 0 Å². The van der Waals surface area contributed by atoms with Crippen LogP contribution < -0.4 is 10.6 Å². The van der Waals surface area contributed by atoms with E-state index in [0.29, 0.717) is 31.6 Å². The van der Waals surface area contributed by atoms with Crippen LogP contribution in [0.1, 0.15) is 31.4 Å². The number of aliphatic hydroxyl groups excluding tert-OH is 1. The van der Waals surface area contributed by atoms with E-state index in [2.05, 4.69) is 10.6 Å². The smallest absolute Gasteiger partial charge is 0.315 e. The van der Waals surface area contributed by atoms with Crippen LogP contribution in [-0.2, 0) is 4.74 Å². The van der Waals surface area contributed by atoms with Crippen molar-refractivity contribution in [3.8, 4) is 0 Å². The standard InChI is InChI=1S/C15H20F2N2O3/c1-9(20)4-6-18-15(21)19-13-5-7-22-14(13)10-2-3-11(16)12(17)8-10/h2-3,8-9,13-14,20H,4-7H2,1H3,(H2,18,19,21)/t9-,13+,14+/m0/s1. The summed E-state index contributed by atoms with van der Waals surface area (Å²) in [6.07, 6.45) is 0.0666. The van der Waals surface area contributed by atoms with Crippen LogP contribution in [0.3, 0.4) is 0 Å². The van der Waals surface area contributed by atoms with E-state index in [9.17, 15) is 13.6 Å². The topological polar surface area (TPSA) is 70.6 Å². The molecule has 3 atom stereocenters. The van der Waals surface area contributed by atoms with Crippen molar-refractivity contribution in [2.45, 2.75) is 38.0 Å². The summed E-state index contributed by atoms with van der Waals surface area (Å²) in [5.41, 5.74) is 0.491. The van der Waals surface area contributed by atoms with Gasteiger partial charge >= 0.3 is 6.03 Å². The highest BCUT2D eigenvalue weighted by Crippen LogP contribution is 2.29. The van der Waals surface area contributed by atoms with E-state index in [1.807, 2.05) is 0 Å². The average molecular weight is 314 g/mol. The quantitative estimate of drug-likeness (QED) is 0.777. The van der Waals surface area contributed by atoms with Crippen molar-refractivity contribution >= 4 is 6.03 Å². The second kappa shape index (κ2) is 7.51. The second-order valence-corrected chi connectivity index (χ2v) is 5.40. The number of nitrogens with one attached hydrogen (secondary N) is 2. The van der Waals surface area contributed by atoms with E-state index in [1.54, 1.807) is 6.92 Å². The zero-order chi connectivity index (χ0) is 16.1. The Balaban J connectivity index is 1.92. The number of urea groups is 1. The number of ether oxygens (including phenoxy) is 1. The highest BCUT2D eigenvalue weighted by Gasteiger charge is 2.31. The van der Waals surface area contributed by atoms with Gasteiger partial charge < -0.3 is 20.5 Å². The summed E-state index contributed by atoms with van der Waals surface area (Å²) in [5.74, 6) is -1.85. The molecule has 1 aromatic rings. The van der Waals surface area contributed by atoms with E-state index in [1.165, 1.54) is 6.07 Å². The number of hydrogen-bond donors (Lipinski definition) is 3. The van der Waals surface area contributed by atoms with E-state index in [0.717, 1.165) is 12.1 Å². The molecule has 122 valence electrons. The first-order valence-corrected chi connectivity index (χ1v) is 7.26. The normalized spacial score (nSPS) is 22.4. The summed E-state index contributed by atoms with van der Waals surface area (Å²) >= 11 is 0. The van der Waals surface area contributed by atoms with Gasteiger partial charge in [-0.2, -0.15) is 0 Å². The van der Waals surface area contributed by atoms with Crippen molar-refractivity contribution in [3.63, 3.8) is 0 Å². The minimum absolute atomic E-state index is 0.309. The van der Waals surface area contributed by atoms with E-state index >= 15 is 0 Å². The maximum Gasteiger partial charge on any atom is 0.315 e. The Hall–Kier alpha value is -1.73. The molecule has 1 fully saturated rings. The Bertz CT molecular complexity index is 526. The molecule has 0 bridgehead atoms. The number of rotatable bonds is 5. The minimum Gasteiger partial charge on any atom is -0.393 e. The van der Waals surface area contributed by atoms with Crippen LogP contribution in [0.25, 0.3) is 0 Å². The Morgan fingerprint density at radius 2 is 2.23 bits per heavy atom. The molecule has 3 N–H and O–H groups in total. The molecule has 1 heterocycles. The molecule has 0 unspecified atom stereocenters. The molecule has 1 aliphatic heterocycles. The van der Waals surface area contributed by atoms with Crippen LogP contribution in [0.4, 0.5) is 13.6 Å². The largest absolute Gasteiger partial charge is 0.393 e. The van der Waals surface area contributed by atoms with Crippen LogP contribution in [0.15, 0.2) is 18.2 Å². The third-order valence-electron chi connectivity index (χ3n) is 3.53. The number of amides is 2. The first kappa shape index (κ1) is 16.6. The molecule has 0 radical (unpaired) electrons. The van der Waals surface area contributed by atoms with E-state index in [-0.39, 0.29) is 12.1 Å². The van der Waals surface area contributed by atoms with E-state index in [4.69, 9.17) is 9.84 Å². The van der Waals surface area contributed by atoms with Gasteiger partial charge in [0.05, 0.1) is 12.1 Å². The predicted octanol–water partition coefficient (Wildman–Crippen LogP) is 1.86. The van der Waals surface area contributed by atoms with Gasteiger partial charge in [-0.1, -0.05) is 6.07 Å². The minimum atomic E-state index is -0.937. The third-order valence-corrected chi connectivity index (χ3v) is 3.53. The SMILES string of the molecule is C[C@H](O)CCNC(=O)N[C@@H]1CCO[C@@H]1c1ccc(F)c(F)c1. The molecular weight excluding hydrogens is 294 g/mol. The third kappa shape index (κ3) is 4.38. The van der Waals surface area contributed by atoms with Gasteiger partial charge in [-0.05, 0) is 37.5 Å². The molecule has 7 heteroatoms. The molecule has 22 heavy (non-hydrogen) atoms. The molecule has 0 spiro atoms. The molecule has 1 aliphatic rings. The number of hydrogen-bond acceptors (Lipinski definition) is 3. The lowest BCUT2D eigenvalue weighted by Crippen LogP contribution is -2.44. The maximum absolute atomic E-state index is 13.3. The summed E-state index contributed by atoms with van der Waals surface area (Å²) in [4.78, 5) is 11.8. The summed E-state index contributed by atoms with van der Waals surface area (Å²) in [6, 6.07) is 2.91. The lowest BCUT2D eigenvalue weighted by molar-refractivity contribution is 0.0995. The van der Waals surface area contributed by atoms with Crippen molar-refractivity contribution in [2.24, 2.45) is 0 Å². The fourth-order valence-electron chi connectivity index (χ4n) is 2.37. The number of aliphatic hydroxyl groups is 1. The lowest BCUT2D eigenvalue weighted by Gasteiger charge is -2.20. The fourth-order valence-corrected chi connectivity index (χ4v) is 2.37. The van der Waals surface area contributed by atoms with Crippen molar-refractivity contribution < 1.29 is 23.4 Å². The second-order valence-electron chi connectivity index (χ2n) is 5.40. The molecule has 1 aromatic carbocycles. The molecule has 5 nitrogen and oxygen atoms in total. The Kier molecular flexibility index (Phi) is 5.68. The van der Waals surface area contributed by atoms with Gasteiger partial charge in [0.2, 0.25) is 0 Å². The maximum atomic E-state index is 13.3. The van der Waals surface area contributed by atoms with Crippen molar-refractivity contribution in [3.05, 3.63) is 35.4 Å². The molecule has 0 saturated carbocycles. The van der Waals surface area contributed by atoms with Crippen molar-refractivity contribution in [2.75, 3.05) is 13.2 Å². The predicted molar refractivity (Wildman–Crippen MR) is 76.3 cm³/mol. The lowest BCUT2D eigenvalue weighted by atomic mass is 10.0. The summed E-state index contributed by atoms with van der Waals surface area (Å²) in [6.45, 7) is 2.43. The Morgan fingerprint density at radius 1 is 1.45 bits per heavy atom. The summed E-state index contributed by atoms with van der Waals surface area (Å²) in [7, 11) is 0. The zero-order valence-corrected chi connectivity index (χ0v) is 12.3. The Morgan fingerprint density at radius 3 is 2.91 bits per heavy atom. The molecule has 0 aromatic heterocycles. The number of halogens is 2. The van der Waals surface area contributed by atoms with Gasteiger partial charge in [0.15, 0.2) is 11.6 Å². The van der Waals surface area contributed by atoms with Crippen LogP contribution in [0.5, 0.6) is 0 Å². The number of benzene rings is 1. The van der Waals surface area contributed by atoms with Gasteiger partial charge in [0, 0.05) is 13.2 Å². The number of carbonyl (C=O) groups excluding carboxylic acids is 1. The molecule has 1 saturated heterocycles. The average Bonchev–Trinajstić information content (AvgIpc) is 2.89. The fraction of sp³-hybridized carbons (Fsp3) is 0.533. The highest BCUT2D eigenvalue weighted by molar-refractivity contribution is 5.74. The van der Waals surface area contributed by atoms with Gasteiger partial charge in [0.1, 0.15) is 6.10 Å².